The van der Waals surface area contributed by atoms with Crippen LogP contribution in [0.5, 0.6) is 0 Å². The molecule has 7 heteroatoms. The Hall–Kier alpha value is -1.79. The third-order valence-electron chi connectivity index (χ3n) is 2.30. The number of carbonyl (C=O) groups excluding carboxylic acids is 2. The molecule has 0 aliphatic carbocycles. The monoisotopic (exact) mass is 288 g/mol. The van der Waals surface area contributed by atoms with Gasteiger partial charge < -0.3 is 15.6 Å². The summed E-state index contributed by atoms with van der Waals surface area (Å²) in [7, 11) is 0. The molecular formula is C13H24N2O5. The number of amides is 2. The quantitative estimate of drug-likeness (QED) is 0.811. The second-order valence-corrected chi connectivity index (χ2v) is 6.55. The molecule has 0 spiro atoms. The Morgan fingerprint density at radius 3 is 1.85 bits per heavy atom. The van der Waals surface area contributed by atoms with Crippen molar-refractivity contribution >= 4 is 18.0 Å². The summed E-state index contributed by atoms with van der Waals surface area (Å²) in [6, 6.07) is -1.36. The molecule has 1 atom stereocenters. The summed E-state index contributed by atoms with van der Waals surface area (Å²) < 4.78 is 5.21. The lowest BCUT2D eigenvalue weighted by Crippen LogP contribution is -2.56. The van der Waals surface area contributed by atoms with E-state index in [0.29, 0.717) is 0 Å². The van der Waals surface area contributed by atoms with E-state index in [-0.39, 0.29) is 0 Å². The van der Waals surface area contributed by atoms with Gasteiger partial charge in [-0.1, -0.05) is 0 Å². The van der Waals surface area contributed by atoms with E-state index in [1.807, 2.05) is 0 Å². The van der Waals surface area contributed by atoms with Crippen molar-refractivity contribution in [2.75, 3.05) is 0 Å². The highest BCUT2D eigenvalue weighted by Crippen LogP contribution is 2.23. The van der Waals surface area contributed by atoms with Crippen molar-refractivity contribution in [3.8, 4) is 0 Å². The van der Waals surface area contributed by atoms with Crippen LogP contribution in [0.3, 0.4) is 0 Å². The van der Waals surface area contributed by atoms with E-state index < -0.39 is 41.6 Å². The number of hydrogen-bond acceptors (Lipinski definition) is 4. The van der Waals surface area contributed by atoms with Gasteiger partial charge in [0.1, 0.15) is 11.6 Å². The minimum Gasteiger partial charge on any atom is -0.480 e. The van der Waals surface area contributed by atoms with Crippen LogP contribution in [0, 0.1) is 0 Å². The van der Waals surface area contributed by atoms with Crippen molar-refractivity contribution < 1.29 is 24.2 Å². The Morgan fingerprint density at radius 1 is 1.15 bits per heavy atom. The smallest absolute Gasteiger partial charge is 0.411 e. The zero-order valence-corrected chi connectivity index (χ0v) is 12.9. The number of aliphatic carboxylic acids is 1. The Kier molecular flexibility index (Phi) is 5.56. The second-order valence-electron chi connectivity index (χ2n) is 6.55. The molecule has 0 heterocycles. The average molecular weight is 288 g/mol. The third-order valence-corrected chi connectivity index (χ3v) is 2.30. The summed E-state index contributed by atoms with van der Waals surface area (Å²) in [6.45, 7) is 10.0. The maximum absolute atomic E-state index is 12.2. The Labute approximate surface area is 119 Å². The first-order valence-corrected chi connectivity index (χ1v) is 6.29. The minimum absolute atomic E-state index is 0.466. The average Bonchev–Trinajstić information content (AvgIpc) is 2.09. The fourth-order valence-corrected chi connectivity index (χ4v) is 1.66. The fourth-order valence-electron chi connectivity index (χ4n) is 1.66. The van der Waals surface area contributed by atoms with Crippen molar-refractivity contribution in [3.05, 3.63) is 0 Å². The zero-order valence-electron chi connectivity index (χ0n) is 12.9. The summed E-state index contributed by atoms with van der Waals surface area (Å²) >= 11 is 0. The first-order chi connectivity index (χ1) is 8.75. The first kappa shape index (κ1) is 18.2. The number of carbonyl (C=O) groups is 3. The summed E-state index contributed by atoms with van der Waals surface area (Å²) in [4.78, 5) is 35.6. The van der Waals surface area contributed by atoms with E-state index in [1.54, 1.807) is 41.5 Å². The lowest BCUT2D eigenvalue weighted by molar-refractivity contribution is -0.147. The molecule has 116 valence electrons. The van der Waals surface area contributed by atoms with Crippen LogP contribution in [0.4, 0.5) is 4.79 Å². The Bertz CT molecular complexity index is 393. The van der Waals surface area contributed by atoms with Crippen LogP contribution in [0.2, 0.25) is 0 Å². The van der Waals surface area contributed by atoms with Gasteiger partial charge in [-0.3, -0.25) is 9.69 Å². The molecule has 2 amide bonds. The molecule has 0 aromatic carbocycles. The largest absolute Gasteiger partial charge is 0.480 e. The van der Waals surface area contributed by atoms with Gasteiger partial charge >= 0.3 is 12.1 Å². The first-order valence-electron chi connectivity index (χ1n) is 6.29. The van der Waals surface area contributed by atoms with Gasteiger partial charge in [0.05, 0.1) is 6.42 Å². The maximum Gasteiger partial charge on any atom is 0.411 e. The maximum atomic E-state index is 12.2. The highest BCUT2D eigenvalue weighted by molar-refractivity contribution is 5.86. The number of rotatable bonds is 4. The fraction of sp³-hybridized carbons (Fsp3) is 0.769. The topological polar surface area (TPSA) is 110 Å². The van der Waals surface area contributed by atoms with Gasteiger partial charge in [-0.25, -0.2) is 9.59 Å². The molecule has 0 aromatic rings. The van der Waals surface area contributed by atoms with Gasteiger partial charge in [0.25, 0.3) is 0 Å². The van der Waals surface area contributed by atoms with Crippen molar-refractivity contribution in [1.29, 1.82) is 0 Å². The molecule has 0 fully saturated rings. The van der Waals surface area contributed by atoms with Gasteiger partial charge in [-0.15, -0.1) is 0 Å². The predicted molar refractivity (Wildman–Crippen MR) is 73.1 cm³/mol. The van der Waals surface area contributed by atoms with Gasteiger partial charge in [0, 0.05) is 5.54 Å². The number of carboxylic acids is 1. The van der Waals surface area contributed by atoms with Crippen molar-refractivity contribution in [3.63, 3.8) is 0 Å². The van der Waals surface area contributed by atoms with Crippen LogP contribution in [-0.2, 0) is 14.3 Å². The van der Waals surface area contributed by atoms with Crippen LogP contribution in [0.25, 0.3) is 0 Å². The van der Waals surface area contributed by atoms with Crippen LogP contribution in [0.15, 0.2) is 0 Å². The molecule has 0 bridgehead atoms. The molecule has 0 aliphatic heterocycles. The summed E-state index contributed by atoms with van der Waals surface area (Å²) in [5, 5.41) is 9.25. The van der Waals surface area contributed by atoms with Crippen LogP contribution in [0.1, 0.15) is 48.0 Å². The summed E-state index contributed by atoms with van der Waals surface area (Å²) in [6.07, 6.45) is -1.26. The van der Waals surface area contributed by atoms with E-state index in [0.717, 1.165) is 4.90 Å². The zero-order chi connectivity index (χ0) is 16.3. The third kappa shape index (κ3) is 5.90. The normalized spacial score (nSPS) is 13.5. The standard InChI is InChI=1S/C13H24N2O5/c1-12(2,3)15(11(19)20-13(4,5)6)8(10(17)18)7-9(14)16/h8H,7H2,1-6H3,(H2,14,16)(H,17,18)/t8-/m1/s1. The number of primary amides is 1. The minimum atomic E-state index is -1.36. The highest BCUT2D eigenvalue weighted by atomic mass is 16.6. The molecule has 3 N–H and O–H groups in total. The van der Waals surface area contributed by atoms with E-state index in [9.17, 15) is 19.5 Å². The molecule has 0 aliphatic rings. The molecular weight excluding hydrogens is 264 g/mol. The Morgan fingerprint density at radius 2 is 1.60 bits per heavy atom. The lowest BCUT2D eigenvalue weighted by atomic mass is 10.0. The van der Waals surface area contributed by atoms with Crippen LogP contribution >= 0.6 is 0 Å². The number of ether oxygens (including phenoxy) is 1. The van der Waals surface area contributed by atoms with Crippen LogP contribution in [-0.4, -0.2) is 45.2 Å². The van der Waals surface area contributed by atoms with Crippen molar-refractivity contribution in [2.24, 2.45) is 5.73 Å². The van der Waals surface area contributed by atoms with Gasteiger partial charge in [-0.05, 0) is 41.5 Å². The SMILES string of the molecule is CC(C)(C)OC(=O)N([C@H](CC(N)=O)C(=O)O)C(C)(C)C. The van der Waals surface area contributed by atoms with Gasteiger partial charge in [0.15, 0.2) is 0 Å². The van der Waals surface area contributed by atoms with E-state index >= 15 is 0 Å². The molecule has 0 unspecified atom stereocenters. The van der Waals surface area contributed by atoms with Gasteiger partial charge in [0.2, 0.25) is 5.91 Å². The predicted octanol–water partition coefficient (Wildman–Crippen LogP) is 1.35. The van der Waals surface area contributed by atoms with Crippen molar-refractivity contribution in [2.45, 2.75) is 65.1 Å². The molecule has 20 heavy (non-hydrogen) atoms. The second kappa shape index (κ2) is 6.11. The molecule has 0 radical (unpaired) electrons. The Balaban J connectivity index is 5.48. The van der Waals surface area contributed by atoms with Crippen molar-refractivity contribution in [1.82, 2.24) is 4.90 Å². The molecule has 0 saturated carbocycles. The molecule has 0 saturated heterocycles. The van der Waals surface area contributed by atoms with Gasteiger partial charge in [-0.2, -0.15) is 0 Å². The van der Waals surface area contributed by atoms with E-state index in [1.165, 1.54) is 0 Å². The number of carboxylic acid groups (broad SMARTS) is 1. The van der Waals surface area contributed by atoms with E-state index in [4.69, 9.17) is 10.5 Å². The van der Waals surface area contributed by atoms with Crippen LogP contribution < -0.4 is 5.73 Å². The highest BCUT2D eigenvalue weighted by Gasteiger charge is 2.40. The molecule has 7 nitrogen and oxygen atoms in total. The lowest BCUT2D eigenvalue weighted by Gasteiger charge is -2.40. The summed E-state index contributed by atoms with van der Waals surface area (Å²) in [5.74, 6) is -2.10. The number of nitrogens with zero attached hydrogens (tertiary/aromatic N) is 1. The number of nitrogens with two attached hydrogens (primary N) is 1. The van der Waals surface area contributed by atoms with E-state index in [2.05, 4.69) is 0 Å². The number of hydrogen-bond donors (Lipinski definition) is 2. The summed E-state index contributed by atoms with van der Waals surface area (Å²) in [5.41, 5.74) is 3.46. The molecule has 0 rings (SSSR count). The molecule has 0 aromatic heterocycles.